The number of nitrogens with zero attached hydrogens (tertiary/aromatic N) is 2. The second-order valence-electron chi connectivity index (χ2n) is 10.8. The molecule has 5 N–H and O–H groups in total. The number of thioether (sulfide) groups is 1. The van der Waals surface area contributed by atoms with E-state index in [2.05, 4.69) is 29.0 Å². The minimum atomic E-state index is -0.530. The van der Waals surface area contributed by atoms with Crippen molar-refractivity contribution in [3.63, 3.8) is 0 Å². The molecule has 0 radical (unpaired) electrons. The number of nitrogens with one attached hydrogen (secondary N) is 1. The molecule has 1 aromatic rings. The van der Waals surface area contributed by atoms with Gasteiger partial charge >= 0.3 is 0 Å². The summed E-state index contributed by atoms with van der Waals surface area (Å²) >= 11 is 1.53. The summed E-state index contributed by atoms with van der Waals surface area (Å²) in [5.74, 6) is -0.0141. The lowest BCUT2D eigenvalue weighted by molar-refractivity contribution is -0.114. The minimum Gasteiger partial charge on any atom is -0.474 e. The molecule has 10 heteroatoms. The summed E-state index contributed by atoms with van der Waals surface area (Å²) in [4.78, 5) is 31.6. The molecule has 2 fully saturated rings. The second kappa shape index (κ2) is 9.29. The summed E-state index contributed by atoms with van der Waals surface area (Å²) in [6, 6.07) is 2.14. The predicted molar refractivity (Wildman–Crippen MR) is 133 cm³/mol. The number of nitrogens with two attached hydrogens (primary N) is 2. The number of pyridine rings is 1. The molecule has 1 atom stereocenters. The molecule has 5 rings (SSSR count). The van der Waals surface area contributed by atoms with Gasteiger partial charge in [0, 0.05) is 30.3 Å². The topological polar surface area (TPSA) is 133 Å². The molecule has 0 aromatic carbocycles. The quantitative estimate of drug-likeness (QED) is 0.494. The third-order valence-electron chi connectivity index (χ3n) is 7.62. The number of hydrogen-bond acceptors (Lipinski definition) is 8. The number of amides is 2. The molecule has 0 bridgehead atoms. The molecule has 4 aliphatic rings. The molecule has 1 unspecified atom stereocenters. The van der Waals surface area contributed by atoms with Gasteiger partial charge in [-0.05, 0) is 50.0 Å². The van der Waals surface area contributed by atoms with Crippen molar-refractivity contribution in [2.24, 2.45) is 22.8 Å². The highest BCUT2D eigenvalue weighted by Gasteiger charge is 2.57. The van der Waals surface area contributed by atoms with Crippen molar-refractivity contribution in [1.29, 1.82) is 0 Å². The van der Waals surface area contributed by atoms with Gasteiger partial charge in [-0.3, -0.25) is 14.9 Å². The zero-order valence-electron chi connectivity index (χ0n) is 20.6. The Balaban J connectivity index is 1.22. The lowest BCUT2D eigenvalue weighted by Gasteiger charge is -2.60. The fourth-order valence-electron chi connectivity index (χ4n) is 5.87. The van der Waals surface area contributed by atoms with E-state index in [1.54, 1.807) is 6.07 Å². The molecular formula is C25H35N5O4S. The average Bonchev–Trinajstić information content (AvgIpc) is 3.08. The second-order valence-corrected chi connectivity index (χ2v) is 11.9. The largest absolute Gasteiger partial charge is 0.474 e. The number of carbonyl (C=O) groups is 2. The molecular weight excluding hydrogens is 466 g/mol. The van der Waals surface area contributed by atoms with Crippen molar-refractivity contribution in [2.45, 2.75) is 77.1 Å². The zero-order chi connectivity index (χ0) is 24.9. The predicted octanol–water partition coefficient (Wildman–Crippen LogP) is 2.24. The van der Waals surface area contributed by atoms with E-state index in [-0.39, 0.29) is 22.9 Å². The SMILES string of the molecule is CC1=C(C(N)=O)SC(NCC(C)C)N1C1CC2(CC(Oc3nc4c(cc3C(N)=O)COCC4)C2)C1. The maximum atomic E-state index is 12.0. The first-order valence-electron chi connectivity index (χ1n) is 12.4. The Morgan fingerprint density at radius 3 is 2.69 bits per heavy atom. The summed E-state index contributed by atoms with van der Waals surface area (Å²) < 4.78 is 11.7. The molecule has 1 aromatic heterocycles. The van der Waals surface area contributed by atoms with Crippen LogP contribution in [0.3, 0.4) is 0 Å². The van der Waals surface area contributed by atoms with E-state index in [0.29, 0.717) is 47.9 Å². The van der Waals surface area contributed by atoms with Crippen molar-refractivity contribution < 1.29 is 19.1 Å². The zero-order valence-corrected chi connectivity index (χ0v) is 21.5. The van der Waals surface area contributed by atoms with Gasteiger partial charge in [-0.15, -0.1) is 0 Å². The number of ether oxygens (including phenoxy) is 2. The molecule has 2 aliphatic heterocycles. The highest BCUT2D eigenvalue weighted by molar-refractivity contribution is 8.04. The highest BCUT2D eigenvalue weighted by Crippen LogP contribution is 2.60. The monoisotopic (exact) mass is 501 g/mol. The number of carbonyl (C=O) groups excluding carboxylic acids is 2. The molecule has 0 saturated heterocycles. The van der Waals surface area contributed by atoms with E-state index in [9.17, 15) is 9.59 Å². The first kappa shape index (κ1) is 24.4. The van der Waals surface area contributed by atoms with Gasteiger partial charge in [0.2, 0.25) is 5.88 Å². The lowest BCUT2D eigenvalue weighted by Crippen LogP contribution is -2.60. The molecule has 3 heterocycles. The van der Waals surface area contributed by atoms with Gasteiger partial charge in [-0.25, -0.2) is 4.98 Å². The van der Waals surface area contributed by atoms with E-state index in [1.807, 2.05) is 6.92 Å². The third-order valence-corrected chi connectivity index (χ3v) is 8.96. The van der Waals surface area contributed by atoms with E-state index in [1.165, 1.54) is 11.8 Å². The Bertz CT molecular complexity index is 1060. The molecule has 2 aliphatic carbocycles. The summed E-state index contributed by atoms with van der Waals surface area (Å²) in [6.07, 6.45) is 4.70. The molecule has 2 saturated carbocycles. The van der Waals surface area contributed by atoms with E-state index < -0.39 is 5.91 Å². The van der Waals surface area contributed by atoms with Gasteiger partial charge in [0.15, 0.2) is 0 Å². The maximum Gasteiger partial charge on any atom is 0.257 e. The normalized spacial score (nSPS) is 29.7. The van der Waals surface area contributed by atoms with Crippen LogP contribution in [-0.4, -0.2) is 52.5 Å². The summed E-state index contributed by atoms with van der Waals surface area (Å²) in [6.45, 7) is 8.30. The lowest BCUT2D eigenvalue weighted by atomic mass is 9.52. The highest BCUT2D eigenvalue weighted by atomic mass is 32.2. The van der Waals surface area contributed by atoms with Crippen molar-refractivity contribution in [1.82, 2.24) is 15.2 Å². The number of fused-ring (bicyclic) bond motifs is 1. The smallest absolute Gasteiger partial charge is 0.257 e. The van der Waals surface area contributed by atoms with E-state index in [0.717, 1.165) is 49.2 Å². The van der Waals surface area contributed by atoms with Crippen LogP contribution in [0.2, 0.25) is 0 Å². The van der Waals surface area contributed by atoms with Crippen LogP contribution in [0.1, 0.15) is 68.1 Å². The van der Waals surface area contributed by atoms with Crippen LogP contribution >= 0.6 is 11.8 Å². The van der Waals surface area contributed by atoms with Crippen LogP contribution in [-0.2, 0) is 22.6 Å². The van der Waals surface area contributed by atoms with Crippen LogP contribution in [0.25, 0.3) is 0 Å². The molecule has 35 heavy (non-hydrogen) atoms. The van der Waals surface area contributed by atoms with Crippen LogP contribution < -0.4 is 21.5 Å². The fraction of sp³-hybridized carbons (Fsp3) is 0.640. The first-order valence-corrected chi connectivity index (χ1v) is 13.3. The van der Waals surface area contributed by atoms with Crippen molar-refractivity contribution in [3.05, 3.63) is 33.5 Å². The molecule has 2 amide bonds. The molecule has 1 spiro atoms. The Kier molecular flexibility index (Phi) is 6.48. The summed E-state index contributed by atoms with van der Waals surface area (Å²) in [7, 11) is 0. The van der Waals surface area contributed by atoms with Crippen LogP contribution in [0.4, 0.5) is 0 Å². The van der Waals surface area contributed by atoms with Gasteiger partial charge in [-0.1, -0.05) is 25.6 Å². The van der Waals surface area contributed by atoms with Crippen LogP contribution in [0.5, 0.6) is 5.88 Å². The van der Waals surface area contributed by atoms with E-state index >= 15 is 0 Å². The molecule has 9 nitrogen and oxygen atoms in total. The third kappa shape index (κ3) is 4.63. The number of primary amides is 2. The van der Waals surface area contributed by atoms with Crippen molar-refractivity contribution in [2.75, 3.05) is 13.2 Å². The van der Waals surface area contributed by atoms with Crippen molar-refractivity contribution in [3.8, 4) is 5.88 Å². The standard InChI is InChI=1S/C25H35N5O4S/c1-13(2)11-28-24-30(14(3)20(35-24)22(27)32)16-7-25(8-16)9-17(10-25)34-23-18(21(26)31)6-15-12-33-5-4-19(15)29-23/h6,13,16-17,24,28H,4-5,7-12H2,1-3H3,(H2,26,31)(H2,27,32). The van der Waals surface area contributed by atoms with Crippen LogP contribution in [0.15, 0.2) is 16.7 Å². The molecule has 190 valence electrons. The van der Waals surface area contributed by atoms with Gasteiger partial charge in [0.1, 0.15) is 17.2 Å². The Morgan fingerprint density at radius 1 is 1.29 bits per heavy atom. The fourth-order valence-corrected chi connectivity index (χ4v) is 7.11. The summed E-state index contributed by atoms with van der Waals surface area (Å²) in [5.41, 5.74) is 14.7. The number of rotatable bonds is 8. The van der Waals surface area contributed by atoms with Gasteiger partial charge in [-0.2, -0.15) is 0 Å². The number of hydrogen-bond donors (Lipinski definition) is 3. The number of allylic oxidation sites excluding steroid dienone is 1. The Labute approximate surface area is 210 Å². The Morgan fingerprint density at radius 2 is 2.03 bits per heavy atom. The maximum absolute atomic E-state index is 12.0. The number of aromatic nitrogens is 1. The van der Waals surface area contributed by atoms with E-state index in [4.69, 9.17) is 20.9 Å². The van der Waals surface area contributed by atoms with Gasteiger partial charge in [0.25, 0.3) is 11.8 Å². The van der Waals surface area contributed by atoms with Crippen molar-refractivity contribution >= 4 is 23.6 Å². The first-order chi connectivity index (χ1) is 16.7. The minimum absolute atomic E-state index is 0.0278. The average molecular weight is 502 g/mol. The van der Waals surface area contributed by atoms with Gasteiger partial charge < -0.3 is 25.8 Å². The van der Waals surface area contributed by atoms with Gasteiger partial charge in [0.05, 0.1) is 23.8 Å². The Hall–Kier alpha value is -2.30. The summed E-state index contributed by atoms with van der Waals surface area (Å²) in [5, 5.41) is 3.60. The van der Waals surface area contributed by atoms with Crippen LogP contribution in [0, 0.1) is 11.3 Å².